The van der Waals surface area contributed by atoms with Gasteiger partial charge in [-0.1, -0.05) is 20.8 Å². The molecule has 0 bridgehead atoms. The van der Waals surface area contributed by atoms with Crippen LogP contribution in [-0.2, 0) is 0 Å². The molecule has 0 aliphatic heterocycles. The second-order valence-corrected chi connectivity index (χ2v) is 2.78. The highest BCUT2D eigenvalue weighted by molar-refractivity contribution is 4.62. The number of alkyl halides is 1. The summed E-state index contributed by atoms with van der Waals surface area (Å²) in [5.74, 6) is 0.671. The fourth-order valence-electron chi connectivity index (χ4n) is 0.530. The molecule has 1 unspecified atom stereocenters. The van der Waals surface area contributed by atoms with Crippen LogP contribution in [0.4, 0.5) is 4.39 Å². The zero-order valence-electron chi connectivity index (χ0n) is 6.11. The topological polar surface area (TPSA) is 0 Å². The van der Waals surface area contributed by atoms with E-state index in [0.717, 1.165) is 0 Å². The summed E-state index contributed by atoms with van der Waals surface area (Å²) < 4.78 is 12.3. The van der Waals surface area contributed by atoms with Crippen molar-refractivity contribution >= 4 is 0 Å². The van der Waals surface area contributed by atoms with Crippen molar-refractivity contribution in [2.75, 3.05) is 0 Å². The predicted octanol–water partition coefficient (Wildman–Crippen LogP) is 2.64. The van der Waals surface area contributed by atoms with E-state index >= 15 is 0 Å². The molecular formula is C7H15F. The van der Waals surface area contributed by atoms with E-state index in [4.69, 9.17) is 0 Å². The van der Waals surface area contributed by atoms with Gasteiger partial charge in [-0.3, -0.25) is 0 Å². The lowest BCUT2D eigenvalue weighted by molar-refractivity contribution is 0.215. The fourth-order valence-corrected chi connectivity index (χ4v) is 0.530. The molecule has 0 radical (unpaired) electrons. The average molecular weight is 118 g/mol. The minimum absolute atomic E-state index is 0.204. The Labute approximate surface area is 51.1 Å². The molecule has 8 heavy (non-hydrogen) atoms. The Morgan fingerprint density at radius 2 is 1.38 bits per heavy atom. The Morgan fingerprint density at radius 3 is 1.38 bits per heavy atom. The third-order valence-electron chi connectivity index (χ3n) is 1.78. The Balaban J connectivity index is 3.46. The Bertz CT molecular complexity index is 49.4. The van der Waals surface area contributed by atoms with Crippen LogP contribution in [0.3, 0.4) is 0 Å². The van der Waals surface area contributed by atoms with Crippen LogP contribution in [-0.4, -0.2) is 6.17 Å². The van der Waals surface area contributed by atoms with Crippen molar-refractivity contribution < 1.29 is 4.39 Å². The van der Waals surface area contributed by atoms with E-state index in [1.165, 1.54) is 0 Å². The largest absolute Gasteiger partial charge is 0.247 e. The van der Waals surface area contributed by atoms with E-state index in [9.17, 15) is 4.39 Å². The van der Waals surface area contributed by atoms with E-state index in [2.05, 4.69) is 0 Å². The molecule has 0 aromatic heterocycles. The molecule has 0 nitrogen and oxygen atoms in total. The van der Waals surface area contributed by atoms with Gasteiger partial charge in [0.15, 0.2) is 0 Å². The summed E-state index contributed by atoms with van der Waals surface area (Å²) in [6.07, 6.45) is -0.657. The zero-order chi connectivity index (χ0) is 6.73. The quantitative estimate of drug-likeness (QED) is 0.523. The first-order valence-corrected chi connectivity index (χ1v) is 3.19. The fraction of sp³-hybridized carbons (Fsp3) is 1.00. The van der Waals surface area contributed by atoms with Crippen LogP contribution in [0.2, 0.25) is 0 Å². The van der Waals surface area contributed by atoms with Crippen molar-refractivity contribution in [3.8, 4) is 0 Å². The molecule has 0 aliphatic carbocycles. The lowest BCUT2D eigenvalue weighted by Gasteiger charge is -2.15. The third-order valence-corrected chi connectivity index (χ3v) is 1.78. The van der Waals surface area contributed by atoms with Crippen molar-refractivity contribution in [1.29, 1.82) is 0 Å². The summed E-state index contributed by atoms with van der Waals surface area (Å²) in [5, 5.41) is 0. The summed E-state index contributed by atoms with van der Waals surface area (Å²) in [6, 6.07) is 0. The van der Waals surface area contributed by atoms with Crippen LogP contribution in [0.15, 0.2) is 0 Å². The molecule has 0 spiro atoms. The maximum absolute atomic E-state index is 12.3. The molecule has 0 aromatic rings. The molecule has 0 saturated carbocycles. The van der Waals surface area contributed by atoms with Crippen molar-refractivity contribution in [2.24, 2.45) is 11.8 Å². The smallest absolute Gasteiger partial charge is 0.100 e. The molecule has 0 aliphatic rings. The van der Waals surface area contributed by atoms with Gasteiger partial charge in [-0.25, -0.2) is 4.39 Å². The lowest BCUT2D eigenvalue weighted by Crippen LogP contribution is -2.14. The van der Waals surface area contributed by atoms with Gasteiger partial charge in [0.05, 0.1) is 0 Å². The second-order valence-electron chi connectivity index (χ2n) is 2.78. The Morgan fingerprint density at radius 1 is 1.00 bits per heavy atom. The van der Waals surface area contributed by atoms with E-state index in [-0.39, 0.29) is 5.92 Å². The number of hydrogen-bond donors (Lipinski definition) is 0. The zero-order valence-corrected chi connectivity index (χ0v) is 6.11. The molecular weight excluding hydrogens is 103 g/mol. The van der Waals surface area contributed by atoms with Crippen LogP contribution < -0.4 is 0 Å². The van der Waals surface area contributed by atoms with Gasteiger partial charge in [-0.05, 0) is 18.8 Å². The molecule has 0 N–H and O–H groups in total. The first-order valence-electron chi connectivity index (χ1n) is 3.19. The summed E-state index contributed by atoms with van der Waals surface area (Å²) in [4.78, 5) is 0. The summed E-state index contributed by atoms with van der Waals surface area (Å²) in [5.41, 5.74) is 0. The molecule has 0 amide bonds. The first-order chi connectivity index (χ1) is 3.55. The van der Waals surface area contributed by atoms with Gasteiger partial charge in [0.2, 0.25) is 0 Å². The van der Waals surface area contributed by atoms with Crippen molar-refractivity contribution in [2.45, 2.75) is 33.9 Å². The van der Waals surface area contributed by atoms with Gasteiger partial charge >= 0.3 is 0 Å². The molecule has 0 aromatic carbocycles. The maximum Gasteiger partial charge on any atom is 0.100 e. The predicted molar refractivity (Wildman–Crippen MR) is 34.6 cm³/mol. The van der Waals surface area contributed by atoms with Gasteiger partial charge in [0, 0.05) is 0 Å². The second kappa shape index (κ2) is 3.06. The maximum atomic E-state index is 12.3. The summed E-state index contributed by atoms with van der Waals surface area (Å²) in [7, 11) is 0. The molecule has 1 heteroatoms. The minimum atomic E-state index is -0.657. The monoisotopic (exact) mass is 118 g/mol. The van der Waals surface area contributed by atoms with Crippen molar-refractivity contribution in [3.05, 3.63) is 0 Å². The number of hydrogen-bond acceptors (Lipinski definition) is 0. The van der Waals surface area contributed by atoms with Crippen molar-refractivity contribution in [1.82, 2.24) is 0 Å². The lowest BCUT2D eigenvalue weighted by atomic mass is 9.94. The van der Waals surface area contributed by atoms with Crippen LogP contribution in [0, 0.1) is 11.8 Å². The normalized spacial score (nSPS) is 18.8. The molecule has 0 rings (SSSR count). The van der Waals surface area contributed by atoms with Crippen LogP contribution in [0.25, 0.3) is 0 Å². The highest BCUT2D eigenvalue weighted by atomic mass is 19.1. The van der Waals surface area contributed by atoms with Gasteiger partial charge < -0.3 is 0 Å². The standard InChI is InChI=1S/C7H15F/c1-5(2)6(3)7(4)8/h5-7H,1-4H3/t6-,7?/m1/s1. The molecule has 0 saturated heterocycles. The Hall–Kier alpha value is -0.0700. The molecule has 0 fully saturated rings. The summed E-state index contributed by atoms with van der Waals surface area (Å²) in [6.45, 7) is 7.64. The molecule has 0 heterocycles. The van der Waals surface area contributed by atoms with E-state index in [1.54, 1.807) is 6.92 Å². The van der Waals surface area contributed by atoms with Crippen LogP contribution in [0.1, 0.15) is 27.7 Å². The third kappa shape index (κ3) is 2.29. The molecule has 50 valence electrons. The van der Waals surface area contributed by atoms with Crippen LogP contribution in [0.5, 0.6) is 0 Å². The highest BCUT2D eigenvalue weighted by Gasteiger charge is 2.13. The van der Waals surface area contributed by atoms with Gasteiger partial charge in [0.1, 0.15) is 6.17 Å². The number of rotatable bonds is 2. The van der Waals surface area contributed by atoms with E-state index in [0.29, 0.717) is 5.92 Å². The molecule has 2 atom stereocenters. The van der Waals surface area contributed by atoms with Crippen molar-refractivity contribution in [3.63, 3.8) is 0 Å². The van der Waals surface area contributed by atoms with E-state index < -0.39 is 6.17 Å². The highest BCUT2D eigenvalue weighted by Crippen LogP contribution is 2.15. The van der Waals surface area contributed by atoms with Gasteiger partial charge in [0.25, 0.3) is 0 Å². The SMILES string of the molecule is CC(C)[C@@H](C)C(C)F. The van der Waals surface area contributed by atoms with Gasteiger partial charge in [-0.2, -0.15) is 0 Å². The number of halogens is 1. The summed E-state index contributed by atoms with van der Waals surface area (Å²) >= 11 is 0. The van der Waals surface area contributed by atoms with E-state index in [1.807, 2.05) is 20.8 Å². The first kappa shape index (κ1) is 7.93. The average Bonchev–Trinajstić information content (AvgIpc) is 1.64. The van der Waals surface area contributed by atoms with Gasteiger partial charge in [-0.15, -0.1) is 0 Å². The van der Waals surface area contributed by atoms with Crippen LogP contribution >= 0.6 is 0 Å². The minimum Gasteiger partial charge on any atom is -0.247 e. The Kier molecular flexibility index (Phi) is 3.03.